The molecule has 1 N–H and O–H groups in total. The topological polar surface area (TPSA) is 73.6 Å². The molecular weight excluding hydrogens is 376 g/mol. The van der Waals surface area contributed by atoms with Crippen molar-refractivity contribution in [2.75, 3.05) is 19.0 Å². The molecule has 4 aromatic rings. The number of methoxy groups -OCH3 is 1. The first-order valence-corrected chi connectivity index (χ1v) is 9.63. The molecule has 0 saturated carbocycles. The lowest BCUT2D eigenvalue weighted by molar-refractivity contribution is 0.102. The van der Waals surface area contributed by atoms with E-state index in [1.807, 2.05) is 42.6 Å². The lowest BCUT2D eigenvalue weighted by Crippen LogP contribution is -2.12. The van der Waals surface area contributed by atoms with Crippen molar-refractivity contribution >= 4 is 33.3 Å². The summed E-state index contributed by atoms with van der Waals surface area (Å²) in [5.74, 6) is 1.56. The van der Waals surface area contributed by atoms with Crippen LogP contribution in [0.15, 0.2) is 58.3 Å². The number of para-hydroxylation sites is 2. The summed E-state index contributed by atoms with van der Waals surface area (Å²) in [5, 5.41) is 6.08. The highest BCUT2D eigenvalue weighted by atomic mass is 32.1. The summed E-state index contributed by atoms with van der Waals surface area (Å²) in [7, 11) is 1.53. The number of nitrogens with zero attached hydrogens (tertiary/aromatic N) is 1. The van der Waals surface area contributed by atoms with Gasteiger partial charge in [0.15, 0.2) is 22.2 Å². The normalized spacial score (nSPS) is 10.8. The third kappa shape index (κ3) is 3.44. The number of ether oxygens (including phenoxy) is 2. The van der Waals surface area contributed by atoms with E-state index in [2.05, 4.69) is 10.3 Å². The first-order valence-electron chi connectivity index (χ1n) is 8.75. The highest BCUT2D eigenvalue weighted by Crippen LogP contribution is 2.34. The first-order chi connectivity index (χ1) is 13.7. The molecule has 6 nitrogen and oxygen atoms in total. The van der Waals surface area contributed by atoms with Crippen LogP contribution >= 0.6 is 11.3 Å². The van der Waals surface area contributed by atoms with Gasteiger partial charge < -0.3 is 13.9 Å². The van der Waals surface area contributed by atoms with Crippen LogP contribution in [-0.2, 0) is 0 Å². The maximum Gasteiger partial charge on any atom is 0.261 e. The minimum atomic E-state index is -0.276. The number of nitrogens with one attached hydrogen (secondary N) is 1. The van der Waals surface area contributed by atoms with Crippen LogP contribution in [0.3, 0.4) is 0 Å². The predicted molar refractivity (Wildman–Crippen MR) is 109 cm³/mol. The molecule has 0 unspecified atom stereocenters. The summed E-state index contributed by atoms with van der Waals surface area (Å²) in [6.45, 7) is 2.49. The molecule has 4 rings (SSSR count). The van der Waals surface area contributed by atoms with E-state index in [-0.39, 0.29) is 5.91 Å². The lowest BCUT2D eigenvalue weighted by atomic mass is 10.2. The van der Waals surface area contributed by atoms with Gasteiger partial charge in [0.2, 0.25) is 0 Å². The number of amides is 1. The number of thiazole rings is 1. The van der Waals surface area contributed by atoms with E-state index < -0.39 is 0 Å². The van der Waals surface area contributed by atoms with Crippen LogP contribution in [0.4, 0.5) is 5.13 Å². The van der Waals surface area contributed by atoms with Crippen LogP contribution in [0.1, 0.15) is 17.3 Å². The largest absolute Gasteiger partial charge is 0.496 e. The van der Waals surface area contributed by atoms with Crippen molar-refractivity contribution in [2.45, 2.75) is 6.92 Å². The van der Waals surface area contributed by atoms with E-state index in [0.717, 1.165) is 5.39 Å². The van der Waals surface area contributed by atoms with Crippen LogP contribution in [0, 0.1) is 0 Å². The van der Waals surface area contributed by atoms with Gasteiger partial charge in [-0.1, -0.05) is 24.3 Å². The average Bonchev–Trinajstić information content (AvgIpc) is 3.35. The molecule has 2 heterocycles. The van der Waals surface area contributed by atoms with Crippen LogP contribution in [0.5, 0.6) is 11.5 Å². The van der Waals surface area contributed by atoms with Gasteiger partial charge in [0, 0.05) is 10.8 Å². The molecule has 0 atom stereocenters. The number of carbonyl (C=O) groups excluding carboxylic acids is 1. The highest BCUT2D eigenvalue weighted by Gasteiger charge is 2.16. The van der Waals surface area contributed by atoms with Gasteiger partial charge in [-0.25, -0.2) is 4.98 Å². The van der Waals surface area contributed by atoms with Crippen molar-refractivity contribution in [1.29, 1.82) is 0 Å². The molecule has 0 radical (unpaired) electrons. The van der Waals surface area contributed by atoms with Gasteiger partial charge in [-0.15, -0.1) is 11.3 Å². The Morgan fingerprint density at radius 1 is 1.18 bits per heavy atom. The van der Waals surface area contributed by atoms with Crippen molar-refractivity contribution in [1.82, 2.24) is 4.98 Å². The molecule has 142 valence electrons. The van der Waals surface area contributed by atoms with Crippen LogP contribution in [-0.4, -0.2) is 24.6 Å². The Kier molecular flexibility index (Phi) is 4.99. The number of fused-ring (bicyclic) bond motifs is 1. The zero-order chi connectivity index (χ0) is 19.5. The number of aromatic nitrogens is 1. The van der Waals surface area contributed by atoms with Crippen LogP contribution < -0.4 is 14.8 Å². The van der Waals surface area contributed by atoms with Gasteiger partial charge in [-0.2, -0.15) is 0 Å². The van der Waals surface area contributed by atoms with Crippen molar-refractivity contribution in [2.24, 2.45) is 0 Å². The fraction of sp³-hybridized carbons (Fsp3) is 0.143. The molecule has 0 aliphatic heterocycles. The Bertz CT molecular complexity index is 1130. The number of anilines is 1. The molecule has 0 aliphatic rings. The summed E-state index contributed by atoms with van der Waals surface area (Å²) >= 11 is 1.33. The van der Waals surface area contributed by atoms with Gasteiger partial charge in [0.25, 0.3) is 5.91 Å². The second-order valence-electron chi connectivity index (χ2n) is 5.91. The Morgan fingerprint density at radius 3 is 2.82 bits per heavy atom. The van der Waals surface area contributed by atoms with E-state index >= 15 is 0 Å². The fourth-order valence-electron chi connectivity index (χ4n) is 2.87. The minimum absolute atomic E-state index is 0.276. The van der Waals surface area contributed by atoms with Gasteiger partial charge in [0.1, 0.15) is 11.4 Å². The maximum absolute atomic E-state index is 12.5. The van der Waals surface area contributed by atoms with Crippen molar-refractivity contribution in [3.8, 4) is 23.0 Å². The molecule has 0 saturated heterocycles. The van der Waals surface area contributed by atoms with E-state index in [1.165, 1.54) is 18.4 Å². The molecule has 0 bridgehead atoms. The standard InChI is InChI=1S/C21H18N2O4S/c1-3-26-17-10-6-7-13-11-18(27-19(13)17)15-12-28-21(22-15)23-20(24)14-8-4-5-9-16(14)25-2/h4-12H,3H2,1-2H3,(H,22,23,24). The minimum Gasteiger partial charge on any atom is -0.496 e. The molecule has 0 spiro atoms. The number of rotatable bonds is 6. The van der Waals surface area contributed by atoms with Gasteiger partial charge >= 0.3 is 0 Å². The Balaban J connectivity index is 1.59. The first kappa shape index (κ1) is 18.1. The van der Waals surface area contributed by atoms with Gasteiger partial charge in [-0.05, 0) is 31.2 Å². The zero-order valence-corrected chi connectivity index (χ0v) is 16.2. The molecule has 7 heteroatoms. The third-order valence-corrected chi connectivity index (χ3v) is 4.89. The molecular formula is C21H18N2O4S. The summed E-state index contributed by atoms with van der Waals surface area (Å²) in [5.41, 5.74) is 1.79. The molecule has 28 heavy (non-hydrogen) atoms. The van der Waals surface area contributed by atoms with E-state index in [9.17, 15) is 4.79 Å². The van der Waals surface area contributed by atoms with Crippen LogP contribution in [0.25, 0.3) is 22.4 Å². The van der Waals surface area contributed by atoms with Crippen molar-refractivity contribution < 1.29 is 18.7 Å². The second-order valence-corrected chi connectivity index (χ2v) is 6.77. The average molecular weight is 394 g/mol. The summed E-state index contributed by atoms with van der Waals surface area (Å²) < 4.78 is 16.8. The SMILES string of the molecule is CCOc1cccc2cc(-c3csc(NC(=O)c4ccccc4OC)n3)oc12. The molecule has 0 fully saturated rings. The third-order valence-electron chi connectivity index (χ3n) is 4.14. The summed E-state index contributed by atoms with van der Waals surface area (Å²) in [4.78, 5) is 17.0. The van der Waals surface area contributed by atoms with Gasteiger partial charge in [-0.3, -0.25) is 10.1 Å². The Morgan fingerprint density at radius 2 is 2.00 bits per heavy atom. The van der Waals surface area contributed by atoms with Crippen LogP contribution in [0.2, 0.25) is 0 Å². The smallest absolute Gasteiger partial charge is 0.261 e. The Labute approximate surface area is 165 Å². The number of hydrogen-bond acceptors (Lipinski definition) is 6. The number of benzene rings is 2. The number of furan rings is 1. The lowest BCUT2D eigenvalue weighted by Gasteiger charge is -2.06. The van der Waals surface area contributed by atoms with Crippen molar-refractivity contribution in [3.05, 3.63) is 59.5 Å². The molecule has 0 aliphatic carbocycles. The van der Waals surface area contributed by atoms with E-state index in [0.29, 0.717) is 45.8 Å². The predicted octanol–water partition coefficient (Wildman–Crippen LogP) is 5.22. The second kappa shape index (κ2) is 7.74. The highest BCUT2D eigenvalue weighted by molar-refractivity contribution is 7.14. The fourth-order valence-corrected chi connectivity index (χ4v) is 3.57. The van der Waals surface area contributed by atoms with E-state index in [1.54, 1.807) is 18.2 Å². The summed E-state index contributed by atoms with van der Waals surface area (Å²) in [6, 6.07) is 14.7. The van der Waals surface area contributed by atoms with E-state index in [4.69, 9.17) is 13.9 Å². The van der Waals surface area contributed by atoms with Gasteiger partial charge in [0.05, 0.1) is 19.3 Å². The summed E-state index contributed by atoms with van der Waals surface area (Å²) in [6.07, 6.45) is 0. The van der Waals surface area contributed by atoms with Crippen molar-refractivity contribution in [3.63, 3.8) is 0 Å². The number of carbonyl (C=O) groups is 1. The number of hydrogen-bond donors (Lipinski definition) is 1. The zero-order valence-electron chi connectivity index (χ0n) is 15.4. The molecule has 2 aromatic carbocycles. The quantitative estimate of drug-likeness (QED) is 0.486. The molecule has 1 amide bonds. The molecule has 2 aromatic heterocycles. The maximum atomic E-state index is 12.5. The Hall–Kier alpha value is -3.32. The monoisotopic (exact) mass is 394 g/mol.